The first-order chi connectivity index (χ1) is 68.9. The van der Waals surface area contributed by atoms with Gasteiger partial charge < -0.3 is 27.0 Å². The number of imidazole rings is 1. The summed E-state index contributed by atoms with van der Waals surface area (Å²) in [7, 11) is 0. The maximum Gasteiger partial charge on any atom is 0.161 e. The van der Waals surface area contributed by atoms with E-state index in [9.17, 15) is 0 Å². The van der Waals surface area contributed by atoms with E-state index in [1.165, 1.54) is 0 Å². The number of para-hydroxylation sites is 8. The van der Waals surface area contributed by atoms with Crippen LogP contribution in [0.1, 0.15) is 12.7 Å². The maximum atomic E-state index is 6.87. The minimum atomic E-state index is 0.795. The lowest BCUT2D eigenvalue weighted by atomic mass is 10.0. The highest BCUT2D eigenvalue weighted by Crippen LogP contribution is 2.50. The van der Waals surface area contributed by atoms with Gasteiger partial charge in [-0.1, -0.05) is 244 Å². The molecular weight excluding hydrogens is 1710 g/mol. The Labute approximate surface area is 793 Å². The largest absolute Gasteiger partial charge is 0.453 e. The molecule has 0 N–H and O–H groups in total. The zero-order valence-electron chi connectivity index (χ0n) is 74.8. The fraction of sp³-hybridized carbons (Fsp3) is 0.0163. The Morgan fingerprint density at radius 2 is 0.568 bits per heavy atom. The molecule has 16 heteroatoms. The highest BCUT2D eigenvalue weighted by Gasteiger charge is 2.30. The monoisotopic (exact) mass is 1780 g/mol. The number of rotatable bonds is 12. The lowest BCUT2D eigenvalue weighted by Crippen LogP contribution is -2.01. The van der Waals surface area contributed by atoms with Gasteiger partial charge in [-0.2, -0.15) is 0 Å². The summed E-state index contributed by atoms with van der Waals surface area (Å²) in [5, 5.41) is 11.4. The molecule has 0 spiro atoms. The number of pyridine rings is 8. The van der Waals surface area contributed by atoms with Crippen LogP contribution >= 0.6 is 0 Å². The summed E-state index contributed by atoms with van der Waals surface area (Å²) < 4.78 is 29.8. The third-order valence-electron chi connectivity index (χ3n) is 26.8. The maximum absolute atomic E-state index is 6.87. The molecule has 29 rings (SSSR count). The Morgan fingerprint density at radius 1 is 0.216 bits per heavy atom. The smallest absolute Gasteiger partial charge is 0.161 e. The van der Waals surface area contributed by atoms with Crippen molar-refractivity contribution in [1.82, 2.24) is 63.1 Å². The molecule has 0 unspecified atom stereocenters. The van der Waals surface area contributed by atoms with E-state index in [0.29, 0.717) is 0 Å². The molecular formula is C123H77N13O3. The van der Waals surface area contributed by atoms with Gasteiger partial charge in [-0.25, -0.2) is 29.9 Å². The minimum absolute atomic E-state index is 0.795. The molecule has 15 aromatic heterocycles. The molecule has 16 nitrogen and oxygen atoms in total. The van der Waals surface area contributed by atoms with Crippen molar-refractivity contribution in [2.24, 2.45) is 0 Å². The van der Waals surface area contributed by atoms with Crippen molar-refractivity contribution < 1.29 is 13.3 Å². The topological polar surface area (TPSA) is 175 Å². The van der Waals surface area contributed by atoms with E-state index >= 15 is 0 Å². The Balaban J connectivity index is 0.000000105. The van der Waals surface area contributed by atoms with Crippen LogP contribution in [0.4, 0.5) is 0 Å². The summed E-state index contributed by atoms with van der Waals surface area (Å²) in [6.07, 6.45) is 6.27. The molecule has 0 saturated heterocycles. The Morgan fingerprint density at radius 3 is 0.993 bits per heavy atom. The van der Waals surface area contributed by atoms with Gasteiger partial charge in [0.05, 0.1) is 117 Å². The summed E-state index contributed by atoms with van der Waals surface area (Å²) in [4.78, 5) is 44.4. The molecule has 0 bridgehead atoms. The van der Waals surface area contributed by atoms with Gasteiger partial charge in [0.15, 0.2) is 16.7 Å². The first-order valence-corrected chi connectivity index (χ1v) is 46.6. The van der Waals surface area contributed by atoms with Gasteiger partial charge in [0.25, 0.3) is 0 Å². The van der Waals surface area contributed by atoms with Crippen LogP contribution in [0.5, 0.6) is 0 Å². The molecule has 0 radical (unpaired) electrons. The fourth-order valence-electron chi connectivity index (χ4n) is 20.5. The summed E-state index contributed by atoms with van der Waals surface area (Å²) in [6.45, 7) is 2.15. The van der Waals surface area contributed by atoms with Gasteiger partial charge in [0, 0.05) is 113 Å². The number of hydrogen-bond donors (Lipinski definition) is 0. The Bertz CT molecular complexity index is 9870. The highest BCUT2D eigenvalue weighted by molar-refractivity contribution is 6.27. The predicted molar refractivity (Wildman–Crippen MR) is 564 cm³/mol. The molecule has 0 saturated carbocycles. The normalized spacial score (nSPS) is 11.8. The minimum Gasteiger partial charge on any atom is -0.453 e. The van der Waals surface area contributed by atoms with Crippen molar-refractivity contribution in [2.45, 2.75) is 13.3 Å². The van der Waals surface area contributed by atoms with E-state index in [-0.39, 0.29) is 0 Å². The van der Waals surface area contributed by atoms with Crippen LogP contribution < -0.4 is 0 Å². The molecule has 652 valence electrons. The zero-order valence-corrected chi connectivity index (χ0v) is 74.8. The van der Waals surface area contributed by atoms with Crippen molar-refractivity contribution in [2.75, 3.05) is 0 Å². The summed E-state index contributed by atoms with van der Waals surface area (Å²) >= 11 is 0. The molecule has 0 atom stereocenters. The molecule has 15 heterocycles. The number of benzene rings is 14. The molecule has 139 heavy (non-hydrogen) atoms. The second kappa shape index (κ2) is 32.8. The van der Waals surface area contributed by atoms with Crippen LogP contribution in [-0.4, -0.2) is 63.1 Å². The molecule has 0 fully saturated rings. The van der Waals surface area contributed by atoms with Crippen LogP contribution in [0.15, 0.2) is 450 Å². The molecule has 14 aromatic carbocycles. The van der Waals surface area contributed by atoms with E-state index < -0.39 is 0 Å². The van der Waals surface area contributed by atoms with Crippen LogP contribution in [0.25, 0.3) is 266 Å². The predicted octanol–water partition coefficient (Wildman–Crippen LogP) is 31.1. The highest BCUT2D eigenvalue weighted by atomic mass is 16.3. The van der Waals surface area contributed by atoms with E-state index in [0.717, 1.165) is 278 Å². The van der Waals surface area contributed by atoms with E-state index in [2.05, 4.69) is 356 Å². The Hall–Kier alpha value is -18.9. The van der Waals surface area contributed by atoms with Crippen LogP contribution in [0.3, 0.4) is 0 Å². The van der Waals surface area contributed by atoms with E-state index in [1.54, 1.807) is 12.4 Å². The number of hydrogen-bond acceptors (Lipinski definition) is 12. The fourth-order valence-corrected chi connectivity index (χ4v) is 20.5. The van der Waals surface area contributed by atoms with Crippen molar-refractivity contribution >= 4 is 164 Å². The average Bonchev–Trinajstić information content (AvgIpc) is 1.55. The molecule has 0 aliphatic heterocycles. The number of fused-ring (bicyclic) bond motifs is 25. The van der Waals surface area contributed by atoms with Gasteiger partial charge in [-0.05, 0) is 193 Å². The molecule has 0 aliphatic carbocycles. The number of furan rings is 3. The van der Waals surface area contributed by atoms with Crippen molar-refractivity contribution in [3.05, 3.63) is 443 Å². The van der Waals surface area contributed by atoms with Gasteiger partial charge >= 0.3 is 0 Å². The summed E-state index contributed by atoms with van der Waals surface area (Å²) in [6, 6.07) is 144. The van der Waals surface area contributed by atoms with E-state index in [4.69, 9.17) is 43.2 Å². The second-order valence-corrected chi connectivity index (χ2v) is 34.8. The van der Waals surface area contributed by atoms with Gasteiger partial charge in [0.2, 0.25) is 0 Å². The quantitative estimate of drug-likeness (QED) is 0.106. The van der Waals surface area contributed by atoms with Gasteiger partial charge in [-0.15, -0.1) is 0 Å². The first-order valence-electron chi connectivity index (χ1n) is 46.6. The molecule has 0 amide bonds. The van der Waals surface area contributed by atoms with Crippen molar-refractivity contribution in [3.8, 4) is 102 Å². The van der Waals surface area contributed by atoms with Crippen LogP contribution in [0, 0.1) is 0 Å². The third-order valence-corrected chi connectivity index (χ3v) is 26.8. The number of aromatic nitrogens is 13. The number of nitrogens with zero attached hydrogens (tertiary/aromatic N) is 13. The average molecular weight is 1790 g/mol. The summed E-state index contributed by atoms with van der Waals surface area (Å²) in [5.41, 5.74) is 35.5. The van der Waals surface area contributed by atoms with Crippen molar-refractivity contribution in [1.29, 1.82) is 0 Å². The second-order valence-electron chi connectivity index (χ2n) is 34.8. The van der Waals surface area contributed by atoms with Crippen molar-refractivity contribution in [3.63, 3.8) is 0 Å². The van der Waals surface area contributed by atoms with Gasteiger partial charge in [-0.3, -0.25) is 19.5 Å². The van der Waals surface area contributed by atoms with Crippen LogP contribution in [-0.2, 0) is 6.42 Å². The van der Waals surface area contributed by atoms with Gasteiger partial charge in [0.1, 0.15) is 39.1 Å². The zero-order chi connectivity index (χ0) is 91.7. The third kappa shape index (κ3) is 13.2. The lowest BCUT2D eigenvalue weighted by molar-refractivity contribution is 0.676. The Kier molecular flexibility index (Phi) is 18.8. The summed E-state index contributed by atoms with van der Waals surface area (Å²) in [5.74, 6) is 1.05. The molecule has 0 aliphatic rings. The first kappa shape index (κ1) is 79.8. The molecule has 29 aromatic rings. The van der Waals surface area contributed by atoms with Crippen LogP contribution in [0.2, 0.25) is 0 Å². The lowest BCUT2D eigenvalue weighted by Gasteiger charge is -2.12. The number of aryl methyl sites for hydroxylation is 1. The SMILES string of the molecule is CCc1nc2ccccc2n1-c1ccc(-n2c3ccccc3c3oc4c5ccccc5nc(-c5ccccc5)c4c32)cc1.c1ccc(-c2nc3ccccc3c3oc4c5ccccc5n(-c5ccc(-c6cc(-c7ccccn7)nc(-c7ccccn7)c6)cc5)c4c23)cc1.c1ccc(-c2nc3ccccc3c3oc4c5ccccc5n(-c5ccc(-c6ccc7ccc8cccnc8c7n6)cc5)c4c23)cc1. The standard InChI is InChI=1S/C44H27N5O.C41H24N4O.C38H26N4O/c1-2-12-29(13-3-1)41-40-42-44(50-43(40)32-14-4-6-16-34(32)48-41)33-15-5-7-19-39(33)49(42)31-22-20-28(21-23-31)30-26-37(35-17-8-10-24-45-35)47-38(27-30)36-18-9-11-25-46-36;1-2-9-26(10-3-1)36-35-39-41(46-40(35)30-12-4-6-14-33(30)44-36)31-13-5-7-15-34(31)45(39)29-21-18-25(19-22-29)32-23-20-28-17-16-27-11-8-24-42-37(27)38(28)43-32;1-2-33-39-30-17-9-11-19-32(30)41(33)25-20-22-26(23-21-25)42-31-18-10-7-15-28(31)38-36(42)34-35(24-12-4-3-5-13-24)40-29-16-8-6-14-27(29)37(34)43-38/h1-27H;1-24H;3-23H,2H2,1H3. The van der Waals surface area contributed by atoms with E-state index in [1.807, 2.05) is 109 Å².